The molecule has 0 aliphatic heterocycles. The molecule has 0 saturated heterocycles. The van der Waals surface area contributed by atoms with E-state index in [0.29, 0.717) is 17.1 Å². The van der Waals surface area contributed by atoms with E-state index >= 15 is 0 Å². The van der Waals surface area contributed by atoms with E-state index in [1.54, 1.807) is 18.2 Å². The summed E-state index contributed by atoms with van der Waals surface area (Å²) in [5, 5.41) is 0. The number of benzene rings is 2. The van der Waals surface area contributed by atoms with Crippen LogP contribution in [-0.2, 0) is 10.2 Å². The lowest BCUT2D eigenvalue weighted by Crippen LogP contribution is -2.43. The van der Waals surface area contributed by atoms with Crippen molar-refractivity contribution >= 4 is 11.8 Å². The van der Waals surface area contributed by atoms with E-state index < -0.39 is 11.8 Å². The summed E-state index contributed by atoms with van der Waals surface area (Å²) in [6, 6.07) is 12.7. The molecule has 0 aliphatic rings. The largest absolute Gasteiger partial charge is 0.493 e. The SMILES string of the molecule is COc1cc(C)ccc1OCC(=O)NNC(=O)c1ccc(C(C)(C)C)cc1. The first kappa shape index (κ1) is 20.3. The molecule has 2 N–H and O–H groups in total. The highest BCUT2D eigenvalue weighted by atomic mass is 16.5. The standard InChI is InChI=1S/C21H26N2O4/c1-14-6-11-17(18(12-14)26-5)27-13-19(24)22-23-20(25)15-7-9-16(10-8-15)21(2,3)4/h6-12H,13H2,1-5H3,(H,22,24)(H,23,25). The maximum Gasteiger partial charge on any atom is 0.276 e. The summed E-state index contributed by atoms with van der Waals surface area (Å²) < 4.78 is 10.7. The third-order valence-electron chi connectivity index (χ3n) is 4.01. The van der Waals surface area contributed by atoms with Gasteiger partial charge in [-0.2, -0.15) is 0 Å². The molecule has 0 fully saturated rings. The molecular formula is C21H26N2O4. The van der Waals surface area contributed by atoms with Crippen LogP contribution in [0.15, 0.2) is 42.5 Å². The number of amides is 2. The Morgan fingerprint density at radius 3 is 2.22 bits per heavy atom. The van der Waals surface area contributed by atoms with E-state index in [0.717, 1.165) is 11.1 Å². The molecular weight excluding hydrogens is 344 g/mol. The van der Waals surface area contributed by atoms with E-state index in [4.69, 9.17) is 9.47 Å². The fraction of sp³-hybridized carbons (Fsp3) is 0.333. The van der Waals surface area contributed by atoms with Crippen LogP contribution < -0.4 is 20.3 Å². The second-order valence-corrected chi connectivity index (χ2v) is 7.27. The van der Waals surface area contributed by atoms with E-state index in [9.17, 15) is 9.59 Å². The maximum atomic E-state index is 12.1. The van der Waals surface area contributed by atoms with Crippen LogP contribution in [-0.4, -0.2) is 25.5 Å². The molecule has 27 heavy (non-hydrogen) atoms. The highest BCUT2D eigenvalue weighted by molar-refractivity contribution is 5.95. The van der Waals surface area contributed by atoms with Crippen molar-refractivity contribution in [2.24, 2.45) is 0 Å². The van der Waals surface area contributed by atoms with Gasteiger partial charge in [-0.1, -0.05) is 39.0 Å². The molecule has 0 radical (unpaired) electrons. The third kappa shape index (κ3) is 5.74. The maximum absolute atomic E-state index is 12.1. The van der Waals surface area contributed by atoms with Gasteiger partial charge in [-0.15, -0.1) is 0 Å². The van der Waals surface area contributed by atoms with Gasteiger partial charge in [0.05, 0.1) is 7.11 Å². The Bertz CT molecular complexity index is 808. The quantitative estimate of drug-likeness (QED) is 0.793. The Balaban J connectivity index is 1.85. The molecule has 2 aromatic carbocycles. The molecule has 0 aliphatic carbocycles. The number of carbonyl (C=O) groups excluding carboxylic acids is 2. The van der Waals surface area contributed by atoms with Gasteiger partial charge in [0.15, 0.2) is 18.1 Å². The van der Waals surface area contributed by atoms with Gasteiger partial charge >= 0.3 is 0 Å². The topological polar surface area (TPSA) is 76.7 Å². The number of aryl methyl sites for hydroxylation is 1. The highest BCUT2D eigenvalue weighted by Crippen LogP contribution is 2.27. The predicted octanol–water partition coefficient (Wildman–Crippen LogP) is 3.14. The number of methoxy groups -OCH3 is 1. The van der Waals surface area contributed by atoms with Crippen LogP contribution in [0.25, 0.3) is 0 Å². The average molecular weight is 370 g/mol. The second-order valence-electron chi connectivity index (χ2n) is 7.27. The van der Waals surface area contributed by atoms with Gasteiger partial charge < -0.3 is 9.47 Å². The summed E-state index contributed by atoms with van der Waals surface area (Å²) >= 11 is 0. The third-order valence-corrected chi connectivity index (χ3v) is 4.01. The Kier molecular flexibility index (Phi) is 6.45. The average Bonchev–Trinajstić information content (AvgIpc) is 2.64. The molecule has 6 nitrogen and oxygen atoms in total. The molecule has 2 aromatic rings. The van der Waals surface area contributed by atoms with Gasteiger partial charge in [0.25, 0.3) is 11.8 Å². The van der Waals surface area contributed by atoms with Crippen molar-refractivity contribution in [1.29, 1.82) is 0 Å². The first-order valence-electron chi connectivity index (χ1n) is 8.68. The minimum Gasteiger partial charge on any atom is -0.493 e. The molecule has 0 heterocycles. The number of carbonyl (C=O) groups is 2. The van der Waals surface area contributed by atoms with Crippen molar-refractivity contribution in [3.8, 4) is 11.5 Å². The summed E-state index contributed by atoms with van der Waals surface area (Å²) in [6.07, 6.45) is 0. The minimum absolute atomic E-state index is 0.0115. The lowest BCUT2D eigenvalue weighted by Gasteiger charge is -2.19. The van der Waals surface area contributed by atoms with Crippen molar-refractivity contribution in [3.05, 3.63) is 59.2 Å². The van der Waals surface area contributed by atoms with Gasteiger partial charge in [-0.25, -0.2) is 0 Å². The van der Waals surface area contributed by atoms with Crippen molar-refractivity contribution in [2.75, 3.05) is 13.7 Å². The number of nitrogens with one attached hydrogen (secondary N) is 2. The Morgan fingerprint density at radius 2 is 1.63 bits per heavy atom. The molecule has 144 valence electrons. The fourth-order valence-electron chi connectivity index (χ4n) is 2.39. The number of rotatable bonds is 5. The lowest BCUT2D eigenvalue weighted by molar-refractivity contribution is -0.123. The lowest BCUT2D eigenvalue weighted by atomic mass is 9.87. The molecule has 2 amide bonds. The Labute approximate surface area is 159 Å². The zero-order valence-corrected chi connectivity index (χ0v) is 16.4. The second kappa shape index (κ2) is 8.58. The number of ether oxygens (including phenoxy) is 2. The van der Waals surface area contributed by atoms with Crippen LogP contribution >= 0.6 is 0 Å². The minimum atomic E-state index is -0.475. The van der Waals surface area contributed by atoms with Crippen LogP contribution in [0.3, 0.4) is 0 Å². The Morgan fingerprint density at radius 1 is 0.963 bits per heavy atom. The smallest absolute Gasteiger partial charge is 0.276 e. The predicted molar refractivity (Wildman–Crippen MR) is 104 cm³/mol. The van der Waals surface area contributed by atoms with E-state index in [-0.39, 0.29) is 12.0 Å². The van der Waals surface area contributed by atoms with Crippen molar-refractivity contribution in [1.82, 2.24) is 10.9 Å². The number of hydrazine groups is 1. The molecule has 0 bridgehead atoms. The summed E-state index contributed by atoms with van der Waals surface area (Å²) in [7, 11) is 1.53. The van der Waals surface area contributed by atoms with Gasteiger partial charge in [0, 0.05) is 5.56 Å². The summed E-state index contributed by atoms with van der Waals surface area (Å²) in [5.74, 6) is 0.141. The highest BCUT2D eigenvalue weighted by Gasteiger charge is 2.15. The number of hydrogen-bond acceptors (Lipinski definition) is 4. The Hall–Kier alpha value is -3.02. The van der Waals surface area contributed by atoms with Crippen molar-refractivity contribution in [3.63, 3.8) is 0 Å². The van der Waals surface area contributed by atoms with E-state index in [1.165, 1.54) is 7.11 Å². The van der Waals surface area contributed by atoms with Crippen LogP contribution in [0, 0.1) is 6.92 Å². The summed E-state index contributed by atoms with van der Waals surface area (Å²) in [6.45, 7) is 7.99. The normalized spacial score (nSPS) is 10.9. The van der Waals surface area contributed by atoms with E-state index in [1.807, 2.05) is 31.2 Å². The van der Waals surface area contributed by atoms with Crippen LogP contribution in [0.1, 0.15) is 42.3 Å². The van der Waals surface area contributed by atoms with Gasteiger partial charge in [0.2, 0.25) is 0 Å². The molecule has 0 aromatic heterocycles. The van der Waals surface area contributed by atoms with Crippen molar-refractivity contribution < 1.29 is 19.1 Å². The first-order valence-corrected chi connectivity index (χ1v) is 8.68. The molecule has 2 rings (SSSR count). The fourth-order valence-corrected chi connectivity index (χ4v) is 2.39. The van der Waals surface area contributed by atoms with Gasteiger partial charge in [-0.3, -0.25) is 20.4 Å². The van der Waals surface area contributed by atoms with Gasteiger partial charge in [-0.05, 0) is 47.7 Å². The monoisotopic (exact) mass is 370 g/mol. The van der Waals surface area contributed by atoms with Crippen molar-refractivity contribution in [2.45, 2.75) is 33.1 Å². The first-order chi connectivity index (χ1) is 12.7. The van der Waals surface area contributed by atoms with Gasteiger partial charge in [0.1, 0.15) is 0 Å². The molecule has 0 atom stereocenters. The van der Waals surface area contributed by atoms with Crippen LogP contribution in [0.4, 0.5) is 0 Å². The van der Waals surface area contributed by atoms with E-state index in [2.05, 4.69) is 31.6 Å². The molecule has 6 heteroatoms. The molecule has 0 saturated carbocycles. The van der Waals surface area contributed by atoms with Crippen LogP contribution in [0.2, 0.25) is 0 Å². The molecule has 0 unspecified atom stereocenters. The zero-order valence-electron chi connectivity index (χ0n) is 16.4. The number of hydrogen-bond donors (Lipinski definition) is 2. The van der Waals surface area contributed by atoms with Crippen LogP contribution in [0.5, 0.6) is 11.5 Å². The summed E-state index contributed by atoms with van der Waals surface area (Å²) in [4.78, 5) is 24.0. The molecule has 0 spiro atoms. The zero-order chi connectivity index (χ0) is 20.0. The summed E-state index contributed by atoms with van der Waals surface area (Å²) in [5.41, 5.74) is 7.35.